The summed E-state index contributed by atoms with van der Waals surface area (Å²) in [5.41, 5.74) is 6.74. The molecule has 0 aliphatic rings. The fourth-order valence-corrected chi connectivity index (χ4v) is 2.24. The van der Waals surface area contributed by atoms with Gasteiger partial charge in [-0.05, 0) is 32.5 Å². The first-order chi connectivity index (χ1) is 9.76. The standard InChI is InChI=1S/C15H26N4O2/c1-6-21-14(20)11-7-8-17-13(12(11)16)18-9-15(2,3)10-19(4)5/h7-8H,6,9-10,16H2,1-5H3,(H,17,18). The zero-order chi connectivity index (χ0) is 16.0. The number of nitrogens with two attached hydrogens (primary N) is 1. The Hall–Kier alpha value is -1.82. The number of pyridine rings is 1. The van der Waals surface area contributed by atoms with E-state index in [1.807, 2.05) is 14.1 Å². The van der Waals surface area contributed by atoms with Crippen molar-refractivity contribution >= 4 is 17.5 Å². The Kier molecular flexibility index (Phi) is 5.96. The maximum atomic E-state index is 11.8. The minimum absolute atomic E-state index is 0.0531. The molecule has 6 nitrogen and oxygen atoms in total. The molecule has 1 aromatic rings. The molecule has 0 saturated carbocycles. The molecule has 21 heavy (non-hydrogen) atoms. The minimum atomic E-state index is -0.423. The molecule has 0 amide bonds. The van der Waals surface area contributed by atoms with Crippen LogP contribution in [0.3, 0.4) is 0 Å². The van der Waals surface area contributed by atoms with E-state index in [1.165, 1.54) is 0 Å². The van der Waals surface area contributed by atoms with Crippen molar-refractivity contribution in [2.24, 2.45) is 5.41 Å². The lowest BCUT2D eigenvalue weighted by Gasteiger charge is -2.29. The molecule has 1 heterocycles. The Morgan fingerprint density at radius 3 is 2.71 bits per heavy atom. The summed E-state index contributed by atoms with van der Waals surface area (Å²) in [6.07, 6.45) is 1.56. The lowest BCUT2D eigenvalue weighted by Crippen LogP contribution is -2.34. The molecule has 0 aliphatic heterocycles. The fourth-order valence-electron chi connectivity index (χ4n) is 2.24. The second kappa shape index (κ2) is 7.26. The summed E-state index contributed by atoms with van der Waals surface area (Å²) >= 11 is 0. The van der Waals surface area contributed by atoms with Crippen LogP contribution in [0.25, 0.3) is 0 Å². The number of nitrogens with zero attached hydrogens (tertiary/aromatic N) is 2. The number of carbonyl (C=O) groups excluding carboxylic acids is 1. The van der Waals surface area contributed by atoms with Gasteiger partial charge in [-0.3, -0.25) is 0 Å². The molecule has 118 valence electrons. The van der Waals surface area contributed by atoms with Crippen LogP contribution in [-0.2, 0) is 4.74 Å². The second-order valence-electron chi connectivity index (χ2n) is 6.10. The number of hydrogen-bond acceptors (Lipinski definition) is 6. The Morgan fingerprint density at radius 1 is 1.48 bits per heavy atom. The molecule has 1 aromatic heterocycles. The quantitative estimate of drug-likeness (QED) is 0.747. The Morgan fingerprint density at radius 2 is 2.14 bits per heavy atom. The molecule has 0 saturated heterocycles. The summed E-state index contributed by atoms with van der Waals surface area (Å²) in [5, 5.41) is 3.23. The van der Waals surface area contributed by atoms with Gasteiger partial charge in [0.1, 0.15) is 5.82 Å². The van der Waals surface area contributed by atoms with E-state index >= 15 is 0 Å². The smallest absolute Gasteiger partial charge is 0.340 e. The first kappa shape index (κ1) is 17.2. The molecular weight excluding hydrogens is 268 g/mol. The van der Waals surface area contributed by atoms with Crippen molar-refractivity contribution in [2.45, 2.75) is 20.8 Å². The van der Waals surface area contributed by atoms with Gasteiger partial charge in [0.05, 0.1) is 17.9 Å². The lowest BCUT2D eigenvalue weighted by molar-refractivity contribution is 0.0527. The number of anilines is 2. The fraction of sp³-hybridized carbons (Fsp3) is 0.600. The van der Waals surface area contributed by atoms with Crippen LogP contribution in [-0.4, -0.2) is 49.6 Å². The molecule has 0 aromatic carbocycles. The third kappa shape index (κ3) is 5.23. The number of rotatable bonds is 7. The molecule has 1 rings (SSSR count). The van der Waals surface area contributed by atoms with Gasteiger partial charge in [-0.15, -0.1) is 0 Å². The summed E-state index contributed by atoms with van der Waals surface area (Å²) in [6, 6.07) is 1.57. The third-order valence-corrected chi connectivity index (χ3v) is 2.96. The van der Waals surface area contributed by atoms with Crippen molar-refractivity contribution in [3.63, 3.8) is 0 Å². The molecular formula is C15H26N4O2. The van der Waals surface area contributed by atoms with E-state index in [2.05, 4.69) is 29.0 Å². The van der Waals surface area contributed by atoms with Crippen molar-refractivity contribution < 1.29 is 9.53 Å². The molecule has 0 atom stereocenters. The number of esters is 1. The average molecular weight is 294 g/mol. The van der Waals surface area contributed by atoms with Gasteiger partial charge < -0.3 is 20.7 Å². The Labute approximate surface area is 126 Å². The normalized spacial score (nSPS) is 11.5. The van der Waals surface area contributed by atoms with Gasteiger partial charge in [-0.2, -0.15) is 0 Å². The molecule has 0 unspecified atom stereocenters. The lowest BCUT2D eigenvalue weighted by atomic mass is 9.93. The van der Waals surface area contributed by atoms with Crippen LogP contribution in [0, 0.1) is 5.41 Å². The first-order valence-corrected chi connectivity index (χ1v) is 7.07. The predicted molar refractivity (Wildman–Crippen MR) is 85.4 cm³/mol. The molecule has 6 heteroatoms. The number of nitrogen functional groups attached to an aromatic ring is 1. The van der Waals surface area contributed by atoms with Crippen LogP contribution in [0.4, 0.5) is 11.5 Å². The van der Waals surface area contributed by atoms with Gasteiger partial charge in [-0.1, -0.05) is 13.8 Å². The molecule has 0 spiro atoms. The zero-order valence-corrected chi connectivity index (χ0v) is 13.6. The van der Waals surface area contributed by atoms with E-state index in [-0.39, 0.29) is 5.41 Å². The number of carbonyl (C=O) groups is 1. The van der Waals surface area contributed by atoms with Crippen LogP contribution in [0.5, 0.6) is 0 Å². The maximum Gasteiger partial charge on any atom is 0.340 e. The highest BCUT2D eigenvalue weighted by Gasteiger charge is 2.20. The summed E-state index contributed by atoms with van der Waals surface area (Å²) in [4.78, 5) is 18.1. The zero-order valence-electron chi connectivity index (χ0n) is 13.6. The van der Waals surface area contributed by atoms with E-state index in [9.17, 15) is 4.79 Å². The van der Waals surface area contributed by atoms with E-state index < -0.39 is 5.97 Å². The molecule has 0 fully saturated rings. The van der Waals surface area contributed by atoms with Gasteiger partial charge >= 0.3 is 5.97 Å². The van der Waals surface area contributed by atoms with Crippen molar-refractivity contribution in [3.8, 4) is 0 Å². The van der Waals surface area contributed by atoms with Gasteiger partial charge in [0.15, 0.2) is 0 Å². The molecule has 3 N–H and O–H groups in total. The molecule has 0 bridgehead atoms. The maximum absolute atomic E-state index is 11.8. The van der Waals surface area contributed by atoms with Crippen LogP contribution < -0.4 is 11.1 Å². The van der Waals surface area contributed by atoms with Crippen molar-refractivity contribution in [1.82, 2.24) is 9.88 Å². The highest BCUT2D eigenvalue weighted by Crippen LogP contribution is 2.23. The van der Waals surface area contributed by atoms with Crippen LogP contribution >= 0.6 is 0 Å². The highest BCUT2D eigenvalue weighted by molar-refractivity contribution is 5.97. The van der Waals surface area contributed by atoms with Crippen LogP contribution in [0.2, 0.25) is 0 Å². The monoisotopic (exact) mass is 294 g/mol. The summed E-state index contributed by atoms with van der Waals surface area (Å²) in [6.45, 7) is 8.03. The van der Waals surface area contributed by atoms with E-state index in [1.54, 1.807) is 19.2 Å². The van der Waals surface area contributed by atoms with Crippen LogP contribution in [0.1, 0.15) is 31.1 Å². The van der Waals surface area contributed by atoms with Gasteiger partial charge in [0, 0.05) is 19.3 Å². The predicted octanol–water partition coefficient (Wildman–Crippen LogP) is 1.84. The van der Waals surface area contributed by atoms with Gasteiger partial charge in [0.2, 0.25) is 0 Å². The topological polar surface area (TPSA) is 80.5 Å². The third-order valence-electron chi connectivity index (χ3n) is 2.96. The molecule has 0 radical (unpaired) electrons. The number of ether oxygens (including phenoxy) is 1. The van der Waals surface area contributed by atoms with Crippen LogP contribution in [0.15, 0.2) is 12.3 Å². The van der Waals surface area contributed by atoms with Gasteiger partial charge in [-0.25, -0.2) is 9.78 Å². The van der Waals surface area contributed by atoms with E-state index in [4.69, 9.17) is 10.5 Å². The largest absolute Gasteiger partial charge is 0.462 e. The summed E-state index contributed by atoms with van der Waals surface area (Å²) in [7, 11) is 4.07. The average Bonchev–Trinajstić information content (AvgIpc) is 2.36. The summed E-state index contributed by atoms with van der Waals surface area (Å²) < 4.78 is 4.98. The number of nitrogens with one attached hydrogen (secondary N) is 1. The van der Waals surface area contributed by atoms with E-state index in [0.717, 1.165) is 6.54 Å². The number of aromatic nitrogens is 1. The first-order valence-electron chi connectivity index (χ1n) is 7.07. The second-order valence-corrected chi connectivity index (χ2v) is 6.10. The van der Waals surface area contributed by atoms with Crippen molar-refractivity contribution in [1.29, 1.82) is 0 Å². The van der Waals surface area contributed by atoms with E-state index in [0.29, 0.717) is 30.2 Å². The number of hydrogen-bond donors (Lipinski definition) is 2. The SMILES string of the molecule is CCOC(=O)c1ccnc(NCC(C)(C)CN(C)C)c1N. The Balaban J connectivity index is 2.81. The van der Waals surface area contributed by atoms with Gasteiger partial charge in [0.25, 0.3) is 0 Å². The highest BCUT2D eigenvalue weighted by atomic mass is 16.5. The van der Waals surface area contributed by atoms with Crippen molar-refractivity contribution in [2.75, 3.05) is 44.8 Å². The van der Waals surface area contributed by atoms with Crippen molar-refractivity contribution in [3.05, 3.63) is 17.8 Å². The Bertz CT molecular complexity index is 487. The minimum Gasteiger partial charge on any atom is -0.462 e. The summed E-state index contributed by atoms with van der Waals surface area (Å²) in [5.74, 6) is 0.0976. The molecule has 0 aliphatic carbocycles.